The number of benzene rings is 1. The molecule has 0 spiro atoms. The maximum Gasteiger partial charge on any atom is 0.343 e. The maximum absolute atomic E-state index is 11.8. The van der Waals surface area contributed by atoms with Gasteiger partial charge in [-0.25, -0.2) is 9.80 Å². The van der Waals surface area contributed by atoms with Gasteiger partial charge < -0.3 is 0 Å². The number of amides is 4. The molecule has 1 aliphatic rings. The molecular weight excluding hydrogens is 290 g/mol. The van der Waals surface area contributed by atoms with E-state index in [1.54, 1.807) is 24.3 Å². The minimum absolute atomic E-state index is 0.172. The average Bonchev–Trinajstić information content (AvgIpc) is 2.58. The Balaban J connectivity index is 2.10. The van der Waals surface area contributed by atoms with E-state index in [2.05, 4.69) is 26.7 Å². The van der Waals surface area contributed by atoms with Gasteiger partial charge in [-0.2, -0.15) is 0 Å². The summed E-state index contributed by atoms with van der Waals surface area (Å²) in [6.45, 7) is -0.172. The Hall–Kier alpha value is -1.89. The van der Waals surface area contributed by atoms with E-state index in [9.17, 15) is 14.4 Å². The van der Waals surface area contributed by atoms with Crippen molar-refractivity contribution in [3.63, 3.8) is 0 Å². The van der Waals surface area contributed by atoms with E-state index in [4.69, 9.17) is 0 Å². The Bertz CT molecular complexity index is 503. The second-order valence-corrected chi connectivity index (χ2v) is 4.21. The molecule has 1 saturated heterocycles. The summed E-state index contributed by atoms with van der Waals surface area (Å²) in [6, 6.07) is 6.16. The van der Waals surface area contributed by atoms with Crippen molar-refractivity contribution in [2.45, 2.75) is 0 Å². The van der Waals surface area contributed by atoms with E-state index in [0.29, 0.717) is 10.0 Å². The summed E-state index contributed by atoms with van der Waals surface area (Å²) in [5.41, 5.74) is 2.74. The van der Waals surface area contributed by atoms with Gasteiger partial charge in [0.2, 0.25) is 5.91 Å². The largest absolute Gasteiger partial charge is 0.343 e. The summed E-state index contributed by atoms with van der Waals surface area (Å²) >= 11 is 3.23. The molecule has 1 aromatic carbocycles. The van der Waals surface area contributed by atoms with Crippen LogP contribution >= 0.6 is 15.9 Å². The second-order valence-electron chi connectivity index (χ2n) is 3.36. The SMILES string of the molecule is O=C1CN(NC(=O)c2ccccc2Br)C(=O)N1. The van der Waals surface area contributed by atoms with Crippen LogP contribution in [0.5, 0.6) is 0 Å². The second kappa shape index (κ2) is 4.54. The highest BCUT2D eigenvalue weighted by atomic mass is 79.9. The van der Waals surface area contributed by atoms with Crippen LogP contribution < -0.4 is 10.7 Å². The van der Waals surface area contributed by atoms with Gasteiger partial charge in [0, 0.05) is 4.47 Å². The Morgan fingerprint density at radius 3 is 2.65 bits per heavy atom. The van der Waals surface area contributed by atoms with Crippen LogP contribution in [0.1, 0.15) is 10.4 Å². The third kappa shape index (κ3) is 2.44. The molecule has 1 aliphatic heterocycles. The van der Waals surface area contributed by atoms with E-state index in [1.165, 1.54) is 0 Å². The molecule has 0 radical (unpaired) electrons. The lowest BCUT2D eigenvalue weighted by atomic mass is 10.2. The molecule has 0 atom stereocenters. The number of rotatable bonds is 2. The average molecular weight is 298 g/mol. The summed E-state index contributed by atoms with van der Waals surface area (Å²) in [6.07, 6.45) is 0. The zero-order valence-electron chi connectivity index (χ0n) is 8.57. The molecule has 1 fully saturated rings. The lowest BCUT2D eigenvalue weighted by molar-refractivity contribution is -0.118. The maximum atomic E-state index is 11.8. The number of carbonyl (C=O) groups excluding carboxylic acids is 3. The highest BCUT2D eigenvalue weighted by molar-refractivity contribution is 9.10. The molecule has 17 heavy (non-hydrogen) atoms. The number of hydrogen-bond donors (Lipinski definition) is 2. The van der Waals surface area contributed by atoms with E-state index >= 15 is 0 Å². The Labute approximate surface area is 105 Å². The highest BCUT2D eigenvalue weighted by Gasteiger charge is 2.28. The molecule has 0 saturated carbocycles. The van der Waals surface area contributed by atoms with Crippen molar-refractivity contribution in [2.75, 3.05) is 6.54 Å². The molecule has 88 valence electrons. The van der Waals surface area contributed by atoms with E-state index in [0.717, 1.165) is 5.01 Å². The van der Waals surface area contributed by atoms with Gasteiger partial charge >= 0.3 is 6.03 Å². The first-order chi connectivity index (χ1) is 8.08. The van der Waals surface area contributed by atoms with Gasteiger partial charge in [0.1, 0.15) is 6.54 Å². The predicted molar refractivity (Wildman–Crippen MR) is 61.9 cm³/mol. The van der Waals surface area contributed by atoms with Crippen molar-refractivity contribution >= 4 is 33.8 Å². The monoisotopic (exact) mass is 297 g/mol. The fourth-order valence-electron chi connectivity index (χ4n) is 1.36. The summed E-state index contributed by atoms with van der Waals surface area (Å²) in [7, 11) is 0. The van der Waals surface area contributed by atoms with Crippen molar-refractivity contribution in [3.05, 3.63) is 34.3 Å². The number of imide groups is 1. The molecule has 2 rings (SSSR count). The van der Waals surface area contributed by atoms with Gasteiger partial charge in [0.15, 0.2) is 0 Å². The molecule has 2 N–H and O–H groups in total. The van der Waals surface area contributed by atoms with Crippen molar-refractivity contribution in [1.29, 1.82) is 0 Å². The first-order valence-electron chi connectivity index (χ1n) is 4.75. The first kappa shape index (κ1) is 11.6. The fraction of sp³-hybridized carbons (Fsp3) is 0.100. The van der Waals surface area contributed by atoms with Crippen LogP contribution in [0.2, 0.25) is 0 Å². The van der Waals surface area contributed by atoms with Crippen molar-refractivity contribution < 1.29 is 14.4 Å². The van der Waals surface area contributed by atoms with E-state index in [1.807, 2.05) is 0 Å². The lowest BCUT2D eigenvalue weighted by Crippen LogP contribution is -2.44. The van der Waals surface area contributed by atoms with Crippen molar-refractivity contribution in [3.8, 4) is 0 Å². The van der Waals surface area contributed by atoms with Gasteiger partial charge in [0.05, 0.1) is 5.56 Å². The number of nitrogens with one attached hydrogen (secondary N) is 2. The Morgan fingerprint density at radius 2 is 2.06 bits per heavy atom. The quantitative estimate of drug-likeness (QED) is 0.787. The standard InChI is InChI=1S/C10H8BrN3O3/c11-7-4-2-1-3-6(7)9(16)13-14-5-8(15)12-10(14)17/h1-4H,5H2,(H,13,16)(H,12,15,17). The lowest BCUT2D eigenvalue weighted by Gasteiger charge is -2.14. The Kier molecular flexibility index (Phi) is 3.10. The molecule has 0 unspecified atom stereocenters. The smallest absolute Gasteiger partial charge is 0.275 e. The van der Waals surface area contributed by atoms with Crippen LogP contribution in [-0.4, -0.2) is 29.4 Å². The number of hydrazine groups is 1. The van der Waals surface area contributed by atoms with Crippen LogP contribution in [0.15, 0.2) is 28.7 Å². The van der Waals surface area contributed by atoms with Crippen LogP contribution in [-0.2, 0) is 4.79 Å². The molecular formula is C10H8BrN3O3. The number of nitrogens with zero attached hydrogens (tertiary/aromatic N) is 1. The van der Waals surface area contributed by atoms with Crippen LogP contribution in [0.4, 0.5) is 4.79 Å². The third-order valence-corrected chi connectivity index (χ3v) is 2.84. The minimum Gasteiger partial charge on any atom is -0.275 e. The van der Waals surface area contributed by atoms with E-state index in [-0.39, 0.29) is 6.54 Å². The van der Waals surface area contributed by atoms with Crippen LogP contribution in [0.25, 0.3) is 0 Å². The van der Waals surface area contributed by atoms with Gasteiger partial charge in [-0.15, -0.1) is 0 Å². The summed E-state index contributed by atoms with van der Waals surface area (Å²) in [5, 5.41) is 2.99. The molecule has 6 nitrogen and oxygen atoms in total. The molecule has 4 amide bonds. The van der Waals surface area contributed by atoms with Gasteiger partial charge in [-0.3, -0.25) is 20.3 Å². The van der Waals surface area contributed by atoms with Gasteiger partial charge in [-0.05, 0) is 28.1 Å². The molecule has 1 aromatic rings. The number of carbonyl (C=O) groups is 3. The molecule has 0 aromatic heterocycles. The fourth-order valence-corrected chi connectivity index (χ4v) is 1.82. The summed E-state index contributed by atoms with van der Waals surface area (Å²) < 4.78 is 0.614. The zero-order chi connectivity index (χ0) is 12.4. The molecule has 1 heterocycles. The molecule has 0 aliphatic carbocycles. The summed E-state index contributed by atoms with van der Waals surface area (Å²) in [5.74, 6) is -0.898. The Morgan fingerprint density at radius 1 is 1.35 bits per heavy atom. The number of hydrogen-bond acceptors (Lipinski definition) is 3. The molecule has 7 heteroatoms. The van der Waals surface area contributed by atoms with Crippen LogP contribution in [0, 0.1) is 0 Å². The van der Waals surface area contributed by atoms with Crippen molar-refractivity contribution in [1.82, 2.24) is 15.8 Å². The first-order valence-corrected chi connectivity index (χ1v) is 5.54. The zero-order valence-corrected chi connectivity index (χ0v) is 10.2. The summed E-state index contributed by atoms with van der Waals surface area (Å²) in [4.78, 5) is 33.9. The van der Waals surface area contributed by atoms with Gasteiger partial charge in [0.25, 0.3) is 5.91 Å². The number of urea groups is 1. The third-order valence-electron chi connectivity index (χ3n) is 2.15. The normalized spacial score (nSPS) is 14.8. The molecule has 0 bridgehead atoms. The minimum atomic E-state index is -0.629. The van der Waals surface area contributed by atoms with Gasteiger partial charge in [-0.1, -0.05) is 12.1 Å². The topological polar surface area (TPSA) is 78.5 Å². The van der Waals surface area contributed by atoms with Crippen LogP contribution in [0.3, 0.4) is 0 Å². The highest BCUT2D eigenvalue weighted by Crippen LogP contribution is 2.15. The van der Waals surface area contributed by atoms with Crippen molar-refractivity contribution in [2.24, 2.45) is 0 Å². The van der Waals surface area contributed by atoms with E-state index < -0.39 is 17.8 Å². The number of halogens is 1. The predicted octanol–water partition coefficient (Wildman–Crippen LogP) is 0.646.